The number of hydrogen-bond acceptors (Lipinski definition) is 6. The SMILES string of the molecule is COc1cc(Nc2ccnc(N3CCc4ccccc4C3)n2)c(OC)cc1Cl. The molecule has 144 valence electrons. The second-order valence-electron chi connectivity index (χ2n) is 6.49. The molecule has 0 radical (unpaired) electrons. The minimum atomic E-state index is 0.486. The van der Waals surface area contributed by atoms with Gasteiger partial charge in [-0.15, -0.1) is 0 Å². The second-order valence-corrected chi connectivity index (χ2v) is 6.90. The first-order chi connectivity index (χ1) is 13.7. The lowest BCUT2D eigenvalue weighted by Crippen LogP contribution is -2.31. The van der Waals surface area contributed by atoms with E-state index in [2.05, 4.69) is 39.5 Å². The molecule has 0 bridgehead atoms. The van der Waals surface area contributed by atoms with Gasteiger partial charge in [0.1, 0.15) is 17.3 Å². The average Bonchev–Trinajstić information content (AvgIpc) is 2.74. The number of nitrogens with zero attached hydrogens (tertiary/aromatic N) is 3. The molecule has 4 rings (SSSR count). The fourth-order valence-corrected chi connectivity index (χ4v) is 3.56. The van der Waals surface area contributed by atoms with Crippen molar-refractivity contribution in [2.75, 3.05) is 31.0 Å². The molecule has 1 aliphatic heterocycles. The van der Waals surface area contributed by atoms with E-state index in [9.17, 15) is 0 Å². The second kappa shape index (κ2) is 7.94. The van der Waals surface area contributed by atoms with E-state index in [1.54, 1.807) is 32.5 Å². The maximum atomic E-state index is 6.19. The number of nitrogens with one attached hydrogen (secondary N) is 1. The van der Waals surface area contributed by atoms with Gasteiger partial charge in [0, 0.05) is 31.4 Å². The molecule has 1 aliphatic rings. The maximum absolute atomic E-state index is 6.19. The van der Waals surface area contributed by atoms with Gasteiger partial charge < -0.3 is 19.7 Å². The first kappa shape index (κ1) is 18.4. The summed E-state index contributed by atoms with van der Waals surface area (Å²) in [5.74, 6) is 2.54. The Hall–Kier alpha value is -2.99. The number of halogens is 1. The van der Waals surface area contributed by atoms with Crippen LogP contribution in [0.5, 0.6) is 11.5 Å². The van der Waals surface area contributed by atoms with Crippen molar-refractivity contribution in [1.82, 2.24) is 9.97 Å². The number of fused-ring (bicyclic) bond motifs is 1. The first-order valence-electron chi connectivity index (χ1n) is 9.01. The van der Waals surface area contributed by atoms with Crippen LogP contribution < -0.4 is 19.7 Å². The average molecular weight is 397 g/mol. The number of hydrogen-bond donors (Lipinski definition) is 1. The van der Waals surface area contributed by atoms with E-state index in [1.165, 1.54) is 11.1 Å². The van der Waals surface area contributed by atoms with Crippen molar-refractivity contribution in [3.8, 4) is 11.5 Å². The van der Waals surface area contributed by atoms with Gasteiger partial charge in [0.25, 0.3) is 0 Å². The number of anilines is 3. The zero-order valence-electron chi connectivity index (χ0n) is 15.8. The van der Waals surface area contributed by atoms with E-state index in [1.807, 2.05) is 6.07 Å². The molecule has 0 saturated heterocycles. The molecule has 0 spiro atoms. The minimum Gasteiger partial charge on any atom is -0.495 e. The summed E-state index contributed by atoms with van der Waals surface area (Å²) in [6.07, 6.45) is 2.74. The van der Waals surface area contributed by atoms with Crippen LogP contribution in [-0.2, 0) is 13.0 Å². The van der Waals surface area contributed by atoms with E-state index in [-0.39, 0.29) is 0 Å². The van der Waals surface area contributed by atoms with Crippen molar-refractivity contribution in [2.24, 2.45) is 0 Å². The molecule has 0 amide bonds. The summed E-state index contributed by atoms with van der Waals surface area (Å²) < 4.78 is 10.7. The highest BCUT2D eigenvalue weighted by atomic mass is 35.5. The molecule has 7 heteroatoms. The molecule has 28 heavy (non-hydrogen) atoms. The van der Waals surface area contributed by atoms with Crippen molar-refractivity contribution in [3.05, 3.63) is 64.8 Å². The van der Waals surface area contributed by atoms with Crippen LogP contribution in [0.1, 0.15) is 11.1 Å². The van der Waals surface area contributed by atoms with Gasteiger partial charge in [-0.3, -0.25) is 0 Å². The van der Waals surface area contributed by atoms with E-state index in [4.69, 9.17) is 26.1 Å². The zero-order chi connectivity index (χ0) is 19.5. The Morgan fingerprint density at radius 3 is 2.61 bits per heavy atom. The number of rotatable bonds is 5. The van der Waals surface area contributed by atoms with E-state index in [0.717, 1.165) is 25.2 Å². The van der Waals surface area contributed by atoms with Crippen molar-refractivity contribution in [1.29, 1.82) is 0 Å². The Labute approximate surface area is 169 Å². The smallest absolute Gasteiger partial charge is 0.227 e. The number of benzene rings is 2. The fourth-order valence-electron chi connectivity index (χ4n) is 3.33. The topological polar surface area (TPSA) is 59.5 Å². The Kier molecular flexibility index (Phi) is 5.21. The third-order valence-electron chi connectivity index (χ3n) is 4.79. The summed E-state index contributed by atoms with van der Waals surface area (Å²) in [5, 5.41) is 3.77. The van der Waals surface area contributed by atoms with Crippen LogP contribution in [-0.4, -0.2) is 30.7 Å². The Balaban J connectivity index is 1.59. The molecule has 2 aromatic carbocycles. The van der Waals surface area contributed by atoms with Crippen molar-refractivity contribution in [3.63, 3.8) is 0 Å². The largest absolute Gasteiger partial charge is 0.495 e. The van der Waals surface area contributed by atoms with Gasteiger partial charge in [0.2, 0.25) is 5.95 Å². The predicted octanol–water partition coefficient (Wildman–Crippen LogP) is 4.45. The highest BCUT2D eigenvalue weighted by molar-refractivity contribution is 6.32. The highest BCUT2D eigenvalue weighted by Gasteiger charge is 2.18. The van der Waals surface area contributed by atoms with Crippen LogP contribution in [0, 0.1) is 0 Å². The molecule has 1 N–H and O–H groups in total. The highest BCUT2D eigenvalue weighted by Crippen LogP contribution is 2.37. The zero-order valence-corrected chi connectivity index (χ0v) is 16.5. The number of aromatic nitrogens is 2. The summed E-state index contributed by atoms with van der Waals surface area (Å²) in [6, 6.07) is 13.8. The predicted molar refractivity (Wildman–Crippen MR) is 111 cm³/mol. The van der Waals surface area contributed by atoms with Crippen LogP contribution >= 0.6 is 11.6 Å². The van der Waals surface area contributed by atoms with Gasteiger partial charge in [-0.2, -0.15) is 4.98 Å². The van der Waals surface area contributed by atoms with Crippen LogP contribution in [0.4, 0.5) is 17.5 Å². The molecule has 0 atom stereocenters. The standard InChI is InChI=1S/C21H21ClN4O2/c1-27-18-12-17(19(28-2)11-16(18)22)24-20-7-9-23-21(25-20)26-10-8-14-5-3-4-6-15(14)13-26/h3-7,9,11-12H,8,10,13H2,1-2H3,(H,23,24,25). The summed E-state index contributed by atoms with van der Waals surface area (Å²) in [4.78, 5) is 11.3. The van der Waals surface area contributed by atoms with E-state index < -0.39 is 0 Å². The van der Waals surface area contributed by atoms with Gasteiger partial charge in [0.05, 0.1) is 24.9 Å². The summed E-state index contributed by atoms with van der Waals surface area (Å²) in [6.45, 7) is 1.69. The van der Waals surface area contributed by atoms with Gasteiger partial charge in [0.15, 0.2) is 0 Å². The lowest BCUT2D eigenvalue weighted by Gasteiger charge is -2.29. The Morgan fingerprint density at radius 1 is 1.04 bits per heavy atom. The van der Waals surface area contributed by atoms with Crippen molar-refractivity contribution >= 4 is 29.1 Å². The summed E-state index contributed by atoms with van der Waals surface area (Å²) in [5.41, 5.74) is 3.43. The number of methoxy groups -OCH3 is 2. The minimum absolute atomic E-state index is 0.486. The lowest BCUT2D eigenvalue weighted by molar-refractivity contribution is 0.405. The van der Waals surface area contributed by atoms with Crippen molar-refractivity contribution in [2.45, 2.75) is 13.0 Å². The van der Waals surface area contributed by atoms with Gasteiger partial charge >= 0.3 is 0 Å². The molecular formula is C21H21ClN4O2. The normalized spacial score (nSPS) is 13.0. The quantitative estimate of drug-likeness (QED) is 0.687. The molecule has 1 aromatic heterocycles. The summed E-state index contributed by atoms with van der Waals surface area (Å²) >= 11 is 6.19. The maximum Gasteiger partial charge on any atom is 0.227 e. The lowest BCUT2D eigenvalue weighted by atomic mass is 10.0. The molecule has 2 heterocycles. The van der Waals surface area contributed by atoms with Gasteiger partial charge in [-0.05, 0) is 23.6 Å². The fraction of sp³-hybridized carbons (Fsp3) is 0.238. The summed E-state index contributed by atoms with van der Waals surface area (Å²) in [7, 11) is 3.17. The monoisotopic (exact) mass is 396 g/mol. The molecule has 0 aliphatic carbocycles. The molecular weight excluding hydrogens is 376 g/mol. The van der Waals surface area contributed by atoms with Crippen LogP contribution in [0.3, 0.4) is 0 Å². The van der Waals surface area contributed by atoms with Crippen LogP contribution in [0.15, 0.2) is 48.7 Å². The van der Waals surface area contributed by atoms with Gasteiger partial charge in [-0.25, -0.2) is 4.98 Å². The Bertz CT molecular complexity index is 996. The number of ether oxygens (including phenoxy) is 2. The molecule has 0 fully saturated rings. The Morgan fingerprint density at radius 2 is 1.82 bits per heavy atom. The molecule has 6 nitrogen and oxygen atoms in total. The first-order valence-corrected chi connectivity index (χ1v) is 9.39. The van der Waals surface area contributed by atoms with E-state index in [0.29, 0.717) is 28.3 Å². The van der Waals surface area contributed by atoms with E-state index >= 15 is 0 Å². The molecule has 3 aromatic rings. The van der Waals surface area contributed by atoms with Crippen LogP contribution in [0.25, 0.3) is 0 Å². The van der Waals surface area contributed by atoms with Gasteiger partial charge in [-0.1, -0.05) is 35.9 Å². The third-order valence-corrected chi connectivity index (χ3v) is 5.09. The third kappa shape index (κ3) is 3.68. The van der Waals surface area contributed by atoms with Crippen LogP contribution in [0.2, 0.25) is 5.02 Å². The molecule has 0 saturated carbocycles. The molecule has 0 unspecified atom stereocenters. The van der Waals surface area contributed by atoms with Crippen molar-refractivity contribution < 1.29 is 9.47 Å².